The van der Waals surface area contributed by atoms with Crippen LogP contribution in [0.25, 0.3) is 0 Å². The maximum absolute atomic E-state index is 11.1. The number of rotatable bonds is 6. The molecule has 0 aromatic heterocycles. The summed E-state index contributed by atoms with van der Waals surface area (Å²) in [6.45, 7) is 2.72. The Bertz CT molecular complexity index is 368. The molecule has 0 amide bonds. The van der Waals surface area contributed by atoms with E-state index in [4.69, 9.17) is 4.74 Å². The normalized spacial score (nSPS) is 21.8. The topological polar surface area (TPSA) is 72.9 Å². The molecular formula is C11H21NO5S. The molecule has 1 unspecified atom stereocenters. The van der Waals surface area contributed by atoms with Crippen LogP contribution in [0, 0.1) is 0 Å². The molecule has 18 heavy (non-hydrogen) atoms. The van der Waals surface area contributed by atoms with Crippen molar-refractivity contribution in [3.63, 3.8) is 0 Å². The first kappa shape index (κ1) is 15.4. The summed E-state index contributed by atoms with van der Waals surface area (Å²) in [5, 5.41) is 0. The first-order chi connectivity index (χ1) is 8.40. The summed E-state index contributed by atoms with van der Waals surface area (Å²) >= 11 is 0. The average molecular weight is 279 g/mol. The van der Waals surface area contributed by atoms with Crippen LogP contribution < -0.4 is 0 Å². The van der Waals surface area contributed by atoms with Crippen molar-refractivity contribution >= 4 is 15.8 Å². The molecule has 1 aliphatic heterocycles. The fourth-order valence-electron chi connectivity index (χ4n) is 1.93. The molecule has 0 saturated carbocycles. The number of esters is 1. The Hall–Kier alpha value is -0.660. The van der Waals surface area contributed by atoms with Crippen molar-refractivity contribution < 1.29 is 22.7 Å². The van der Waals surface area contributed by atoms with Gasteiger partial charge in [-0.1, -0.05) is 0 Å². The zero-order valence-electron chi connectivity index (χ0n) is 10.9. The van der Waals surface area contributed by atoms with Gasteiger partial charge in [0.25, 0.3) is 0 Å². The zero-order valence-corrected chi connectivity index (χ0v) is 11.7. The second kappa shape index (κ2) is 7.06. The number of carbonyl (C=O) groups is 1. The summed E-state index contributed by atoms with van der Waals surface area (Å²) in [5.41, 5.74) is 0. The van der Waals surface area contributed by atoms with Crippen LogP contribution in [0.5, 0.6) is 0 Å². The predicted octanol–water partition coefficient (Wildman–Crippen LogP) is -0.315. The van der Waals surface area contributed by atoms with Crippen LogP contribution in [-0.2, 0) is 24.1 Å². The van der Waals surface area contributed by atoms with Crippen molar-refractivity contribution in [2.45, 2.75) is 18.9 Å². The monoisotopic (exact) mass is 279 g/mol. The number of hydrogen-bond donors (Lipinski definition) is 0. The summed E-state index contributed by atoms with van der Waals surface area (Å²) in [7, 11) is -1.54. The van der Waals surface area contributed by atoms with Gasteiger partial charge in [0.2, 0.25) is 0 Å². The van der Waals surface area contributed by atoms with Crippen LogP contribution in [0.3, 0.4) is 0 Å². The third-order valence-corrected chi connectivity index (χ3v) is 3.86. The first-order valence-corrected chi connectivity index (χ1v) is 8.05. The Balaban J connectivity index is 2.28. The van der Waals surface area contributed by atoms with Crippen molar-refractivity contribution in [3.05, 3.63) is 0 Å². The summed E-state index contributed by atoms with van der Waals surface area (Å²) < 4.78 is 32.1. The second-order valence-corrected chi connectivity index (χ2v) is 6.82. The molecule has 1 aliphatic rings. The van der Waals surface area contributed by atoms with Crippen LogP contribution in [0.15, 0.2) is 0 Å². The van der Waals surface area contributed by atoms with E-state index in [0.717, 1.165) is 6.54 Å². The molecular weight excluding hydrogens is 258 g/mol. The quantitative estimate of drug-likeness (QED) is 0.621. The highest BCUT2D eigenvalue weighted by Gasteiger charge is 2.23. The Morgan fingerprint density at radius 3 is 2.83 bits per heavy atom. The Morgan fingerprint density at radius 1 is 1.50 bits per heavy atom. The van der Waals surface area contributed by atoms with Crippen molar-refractivity contribution in [2.75, 3.05) is 45.4 Å². The number of carbonyl (C=O) groups excluding carboxylic acids is 1. The number of sulfone groups is 1. The molecule has 1 heterocycles. The van der Waals surface area contributed by atoms with E-state index in [1.807, 2.05) is 0 Å². The fourth-order valence-corrected chi connectivity index (χ4v) is 2.58. The van der Waals surface area contributed by atoms with Crippen molar-refractivity contribution in [3.8, 4) is 0 Å². The highest BCUT2D eigenvalue weighted by molar-refractivity contribution is 7.90. The third-order valence-electron chi connectivity index (χ3n) is 2.83. The number of nitrogens with zero attached hydrogens (tertiary/aromatic N) is 1. The van der Waals surface area contributed by atoms with Gasteiger partial charge in [0, 0.05) is 19.3 Å². The van der Waals surface area contributed by atoms with E-state index in [-0.39, 0.29) is 24.2 Å². The van der Waals surface area contributed by atoms with E-state index in [9.17, 15) is 13.2 Å². The molecule has 106 valence electrons. The maximum Gasteiger partial charge on any atom is 0.308 e. The average Bonchev–Trinajstić information content (AvgIpc) is 2.27. The van der Waals surface area contributed by atoms with Gasteiger partial charge in [0.05, 0.1) is 32.0 Å². The van der Waals surface area contributed by atoms with Crippen molar-refractivity contribution in [2.24, 2.45) is 0 Å². The summed E-state index contributed by atoms with van der Waals surface area (Å²) in [6.07, 6.45) is 1.96. The standard InChI is InChI=1S/C11H21NO5S/c1-16-11(13)8-10-9-12(5-6-17-10)4-3-7-18(2,14)15/h10H,3-9H2,1-2H3. The molecule has 6 nitrogen and oxygen atoms in total. The molecule has 1 fully saturated rings. The van der Waals surface area contributed by atoms with Gasteiger partial charge in [0.1, 0.15) is 9.84 Å². The Labute approximate surface area is 108 Å². The summed E-state index contributed by atoms with van der Waals surface area (Å²) in [6, 6.07) is 0. The van der Waals surface area contributed by atoms with Crippen LogP contribution >= 0.6 is 0 Å². The van der Waals surface area contributed by atoms with E-state index < -0.39 is 9.84 Å². The number of ether oxygens (including phenoxy) is 2. The summed E-state index contributed by atoms with van der Waals surface area (Å²) in [4.78, 5) is 13.3. The molecule has 0 bridgehead atoms. The van der Waals surface area contributed by atoms with Gasteiger partial charge in [0.15, 0.2) is 0 Å². The minimum Gasteiger partial charge on any atom is -0.469 e. The van der Waals surface area contributed by atoms with E-state index >= 15 is 0 Å². The lowest BCUT2D eigenvalue weighted by Crippen LogP contribution is -2.44. The molecule has 0 aromatic rings. The van der Waals surface area contributed by atoms with E-state index in [1.54, 1.807) is 0 Å². The molecule has 7 heteroatoms. The highest BCUT2D eigenvalue weighted by Crippen LogP contribution is 2.10. The minimum atomic E-state index is -2.89. The molecule has 0 radical (unpaired) electrons. The zero-order chi connectivity index (χ0) is 13.6. The van der Waals surface area contributed by atoms with Crippen LogP contribution in [0.4, 0.5) is 0 Å². The van der Waals surface area contributed by atoms with Gasteiger partial charge in [-0.15, -0.1) is 0 Å². The predicted molar refractivity (Wildman–Crippen MR) is 67.1 cm³/mol. The Kier molecular flexibility index (Phi) is 6.04. The number of methoxy groups -OCH3 is 1. The van der Waals surface area contributed by atoms with E-state index in [1.165, 1.54) is 13.4 Å². The first-order valence-electron chi connectivity index (χ1n) is 5.99. The maximum atomic E-state index is 11.1. The fraction of sp³-hybridized carbons (Fsp3) is 0.909. The SMILES string of the molecule is COC(=O)CC1CN(CCCS(C)(=O)=O)CCO1. The van der Waals surface area contributed by atoms with Crippen molar-refractivity contribution in [1.29, 1.82) is 0 Å². The molecule has 0 spiro atoms. The van der Waals surface area contributed by atoms with E-state index in [0.29, 0.717) is 26.1 Å². The van der Waals surface area contributed by atoms with Gasteiger partial charge in [-0.3, -0.25) is 9.69 Å². The van der Waals surface area contributed by atoms with Gasteiger partial charge in [-0.2, -0.15) is 0 Å². The molecule has 1 saturated heterocycles. The van der Waals surface area contributed by atoms with E-state index in [2.05, 4.69) is 9.64 Å². The molecule has 1 rings (SSSR count). The number of hydrogen-bond acceptors (Lipinski definition) is 6. The lowest BCUT2D eigenvalue weighted by atomic mass is 10.2. The van der Waals surface area contributed by atoms with Gasteiger partial charge in [-0.25, -0.2) is 8.42 Å². The molecule has 0 N–H and O–H groups in total. The van der Waals surface area contributed by atoms with Gasteiger partial charge >= 0.3 is 5.97 Å². The number of morpholine rings is 1. The molecule has 0 aliphatic carbocycles. The van der Waals surface area contributed by atoms with Crippen LogP contribution in [0.1, 0.15) is 12.8 Å². The third kappa shape index (κ3) is 6.32. The minimum absolute atomic E-state index is 0.149. The van der Waals surface area contributed by atoms with Crippen LogP contribution in [0.2, 0.25) is 0 Å². The Morgan fingerprint density at radius 2 is 2.22 bits per heavy atom. The lowest BCUT2D eigenvalue weighted by Gasteiger charge is -2.32. The molecule has 1 atom stereocenters. The highest BCUT2D eigenvalue weighted by atomic mass is 32.2. The smallest absolute Gasteiger partial charge is 0.308 e. The molecule has 0 aromatic carbocycles. The van der Waals surface area contributed by atoms with Crippen LogP contribution in [-0.4, -0.2) is 70.8 Å². The van der Waals surface area contributed by atoms with Gasteiger partial charge < -0.3 is 9.47 Å². The second-order valence-electron chi connectivity index (χ2n) is 4.56. The van der Waals surface area contributed by atoms with Gasteiger partial charge in [-0.05, 0) is 13.0 Å². The van der Waals surface area contributed by atoms with Crippen molar-refractivity contribution in [1.82, 2.24) is 4.90 Å². The largest absolute Gasteiger partial charge is 0.469 e. The lowest BCUT2D eigenvalue weighted by molar-refractivity contribution is -0.145. The summed E-state index contributed by atoms with van der Waals surface area (Å²) in [5.74, 6) is -0.0792.